The monoisotopic (exact) mass is 556 g/mol. The number of nitrogens with zero attached hydrogens (tertiary/aromatic N) is 1. The van der Waals surface area contributed by atoms with E-state index in [1.54, 1.807) is 0 Å². The zero-order chi connectivity index (χ0) is 23.9. The van der Waals surface area contributed by atoms with E-state index in [1.165, 1.54) is 38.6 Å². The maximum absolute atomic E-state index is 15.0. The van der Waals surface area contributed by atoms with Gasteiger partial charge in [-0.15, -0.1) is 0 Å². The number of halogens is 3. The van der Waals surface area contributed by atoms with Crippen LogP contribution < -0.4 is 14.2 Å². The van der Waals surface area contributed by atoms with Crippen molar-refractivity contribution in [1.82, 2.24) is 4.98 Å². The molecule has 8 nitrogen and oxygen atoms in total. The number of carbonyl (C=O) groups is 1. The lowest BCUT2D eigenvalue weighted by atomic mass is 10.0. The molecule has 1 aliphatic heterocycles. The van der Waals surface area contributed by atoms with Gasteiger partial charge in [-0.25, -0.2) is 22.6 Å². The van der Waals surface area contributed by atoms with Gasteiger partial charge in [-0.3, -0.25) is 4.72 Å². The van der Waals surface area contributed by atoms with Crippen molar-refractivity contribution < 1.29 is 31.8 Å². The fourth-order valence-electron chi connectivity index (χ4n) is 3.29. The highest BCUT2D eigenvalue weighted by atomic mass is 79.9. The number of ether oxygens (including phenoxy) is 3. The Labute approximate surface area is 201 Å². The van der Waals surface area contributed by atoms with Gasteiger partial charge in [0.2, 0.25) is 5.88 Å². The Kier molecular flexibility index (Phi) is 6.21. The predicted octanol–water partition coefficient (Wildman–Crippen LogP) is 4.79. The van der Waals surface area contributed by atoms with Gasteiger partial charge in [0.05, 0.1) is 35.0 Å². The Bertz CT molecular complexity index is 1400. The lowest BCUT2D eigenvalue weighted by Crippen LogP contribution is -2.16. The number of sulfonamides is 1. The molecule has 4 rings (SSSR count). The largest absolute Gasteiger partial charge is 0.494 e. The molecule has 0 aliphatic carbocycles. The molecule has 4 bridgehead atoms. The first kappa shape index (κ1) is 23.3. The molecule has 0 amide bonds. The molecule has 1 N–H and O–H groups in total. The molecule has 0 spiro atoms. The van der Waals surface area contributed by atoms with Crippen molar-refractivity contribution in [2.24, 2.45) is 0 Å². The summed E-state index contributed by atoms with van der Waals surface area (Å²) in [6.07, 6.45) is 1.38. The average molecular weight is 558 g/mol. The fourth-order valence-corrected chi connectivity index (χ4v) is 5.58. The Balaban J connectivity index is 2.02. The van der Waals surface area contributed by atoms with Crippen molar-refractivity contribution in [3.8, 4) is 22.8 Å². The summed E-state index contributed by atoms with van der Waals surface area (Å²) in [4.78, 5) is 16.5. The lowest BCUT2D eigenvalue weighted by Gasteiger charge is -2.16. The van der Waals surface area contributed by atoms with Gasteiger partial charge < -0.3 is 14.2 Å². The second kappa shape index (κ2) is 8.81. The van der Waals surface area contributed by atoms with Gasteiger partial charge in [0.1, 0.15) is 17.3 Å². The molecule has 12 heteroatoms. The predicted molar refractivity (Wildman–Crippen MR) is 122 cm³/mol. The number of anilines is 1. The zero-order valence-electron chi connectivity index (χ0n) is 17.1. The Hall–Kier alpha value is -2.89. The number of hydrogen-bond donors (Lipinski definition) is 1. The molecule has 1 aromatic heterocycles. The second-order valence-electron chi connectivity index (χ2n) is 6.87. The molecule has 172 valence electrons. The Morgan fingerprint density at radius 2 is 1.91 bits per heavy atom. The number of rotatable bonds is 2. The third-order valence-electron chi connectivity index (χ3n) is 4.86. The molecule has 0 unspecified atom stereocenters. The number of fused-ring (bicyclic) bond motifs is 6. The van der Waals surface area contributed by atoms with Crippen LogP contribution in [0, 0.1) is 5.82 Å². The number of esters is 1. The highest BCUT2D eigenvalue weighted by Gasteiger charge is 2.27. The van der Waals surface area contributed by atoms with Crippen molar-refractivity contribution in [2.45, 2.75) is 11.5 Å². The van der Waals surface area contributed by atoms with Crippen LogP contribution in [0.3, 0.4) is 0 Å². The van der Waals surface area contributed by atoms with Gasteiger partial charge in [0.15, 0.2) is 5.75 Å². The molecule has 1 aliphatic rings. The highest BCUT2D eigenvalue weighted by Crippen LogP contribution is 2.39. The van der Waals surface area contributed by atoms with E-state index in [2.05, 4.69) is 25.6 Å². The van der Waals surface area contributed by atoms with E-state index in [9.17, 15) is 17.6 Å². The van der Waals surface area contributed by atoms with Gasteiger partial charge in [0, 0.05) is 23.4 Å². The van der Waals surface area contributed by atoms with E-state index in [-0.39, 0.29) is 55.0 Å². The Morgan fingerprint density at radius 3 is 2.61 bits per heavy atom. The molecule has 0 fully saturated rings. The van der Waals surface area contributed by atoms with E-state index in [4.69, 9.17) is 25.8 Å². The fraction of sp³-hybridized carbons (Fsp3) is 0.143. The summed E-state index contributed by atoms with van der Waals surface area (Å²) in [7, 11) is -1.65. The number of nitrogens with one attached hydrogen (secondary N) is 1. The van der Waals surface area contributed by atoms with Crippen LogP contribution in [0.2, 0.25) is 5.02 Å². The van der Waals surface area contributed by atoms with Crippen molar-refractivity contribution >= 4 is 49.2 Å². The van der Waals surface area contributed by atoms with Crippen LogP contribution in [0.4, 0.5) is 10.1 Å². The summed E-state index contributed by atoms with van der Waals surface area (Å²) >= 11 is 9.39. The van der Waals surface area contributed by atoms with E-state index < -0.39 is 21.8 Å². The molecular weight excluding hydrogens is 543 g/mol. The molecule has 3 aromatic rings. The first-order valence-corrected chi connectivity index (χ1v) is 11.9. The van der Waals surface area contributed by atoms with Crippen LogP contribution >= 0.6 is 27.5 Å². The minimum absolute atomic E-state index is 0.00273. The first-order chi connectivity index (χ1) is 15.6. The number of cyclic esters (lactones) is 1. The first-order valence-electron chi connectivity index (χ1n) is 9.24. The Morgan fingerprint density at radius 1 is 1.15 bits per heavy atom. The molecule has 2 heterocycles. The van der Waals surface area contributed by atoms with Crippen LogP contribution in [0.15, 0.2) is 45.9 Å². The van der Waals surface area contributed by atoms with Gasteiger partial charge in [-0.05, 0) is 45.8 Å². The van der Waals surface area contributed by atoms with E-state index in [0.717, 1.165) is 12.1 Å². The third-order valence-corrected chi connectivity index (χ3v) is 7.13. The zero-order valence-corrected chi connectivity index (χ0v) is 20.3. The normalized spacial score (nSPS) is 14.5. The van der Waals surface area contributed by atoms with E-state index >= 15 is 0 Å². The third kappa shape index (κ3) is 4.35. The van der Waals surface area contributed by atoms with Gasteiger partial charge in [-0.2, -0.15) is 0 Å². The van der Waals surface area contributed by atoms with Crippen LogP contribution in [-0.2, 0) is 21.4 Å². The van der Waals surface area contributed by atoms with Crippen LogP contribution in [0.5, 0.6) is 11.6 Å². The SMILES string of the molecule is COc1cc2c(cn1)COC(=O)c1cc(Br)c(OC)c(c1)S(=O)(=O)Nc1cc-2c(F)cc1Cl. The van der Waals surface area contributed by atoms with Crippen molar-refractivity contribution in [3.63, 3.8) is 0 Å². The standard InChI is InChI=1S/C21H15BrClFN2O6S/c1-30-19-6-12-11(8-25-19)9-32-21(27)10-3-14(22)20(31-2)18(4-10)33(28,29)26-17-5-13(12)16(24)7-15(17)23/h3-8,26H,9H2,1-2H3. The lowest BCUT2D eigenvalue weighted by molar-refractivity contribution is 0.0472. The summed E-state index contributed by atoms with van der Waals surface area (Å²) < 4.78 is 59.8. The number of methoxy groups -OCH3 is 2. The van der Waals surface area contributed by atoms with Crippen LogP contribution in [0.1, 0.15) is 15.9 Å². The van der Waals surface area contributed by atoms with Crippen molar-refractivity contribution in [3.05, 3.63) is 63.0 Å². The summed E-state index contributed by atoms with van der Waals surface area (Å²) in [5, 5.41) is -0.168. The van der Waals surface area contributed by atoms with Gasteiger partial charge >= 0.3 is 5.97 Å². The molecule has 0 atom stereocenters. The number of benzene rings is 2. The van der Waals surface area contributed by atoms with Gasteiger partial charge in [0.25, 0.3) is 10.0 Å². The van der Waals surface area contributed by atoms with Crippen LogP contribution in [0.25, 0.3) is 11.1 Å². The second-order valence-corrected chi connectivity index (χ2v) is 9.78. The summed E-state index contributed by atoms with van der Waals surface area (Å²) in [5.74, 6) is -1.38. The molecular formula is C21H15BrClFN2O6S. The topological polar surface area (TPSA) is 104 Å². The summed E-state index contributed by atoms with van der Waals surface area (Å²) in [6, 6.07) is 6.18. The van der Waals surface area contributed by atoms with Crippen molar-refractivity contribution in [2.75, 3.05) is 18.9 Å². The quantitative estimate of drug-likeness (QED) is 0.452. The smallest absolute Gasteiger partial charge is 0.338 e. The minimum Gasteiger partial charge on any atom is -0.494 e. The maximum atomic E-state index is 15.0. The van der Waals surface area contributed by atoms with Crippen LogP contribution in [-0.4, -0.2) is 33.6 Å². The minimum atomic E-state index is -4.33. The number of carbonyl (C=O) groups excluding carboxylic acids is 1. The summed E-state index contributed by atoms with van der Waals surface area (Å²) in [6.45, 7) is -0.262. The molecule has 33 heavy (non-hydrogen) atoms. The van der Waals surface area contributed by atoms with Crippen molar-refractivity contribution in [1.29, 1.82) is 0 Å². The number of aromatic nitrogens is 1. The van der Waals surface area contributed by atoms with Gasteiger partial charge in [-0.1, -0.05) is 11.6 Å². The molecule has 0 saturated carbocycles. The summed E-state index contributed by atoms with van der Waals surface area (Å²) in [5.41, 5.74) is 0.530. The maximum Gasteiger partial charge on any atom is 0.338 e. The average Bonchev–Trinajstić information content (AvgIpc) is 2.78. The highest BCUT2D eigenvalue weighted by molar-refractivity contribution is 9.10. The number of pyridine rings is 1. The molecule has 0 radical (unpaired) electrons. The van der Waals surface area contributed by atoms with E-state index in [1.807, 2.05) is 0 Å². The number of hydrogen-bond acceptors (Lipinski definition) is 7. The molecule has 0 saturated heterocycles. The molecule has 2 aromatic carbocycles. The van der Waals surface area contributed by atoms with E-state index in [0.29, 0.717) is 5.56 Å².